The van der Waals surface area contributed by atoms with Gasteiger partial charge in [0, 0.05) is 5.92 Å². The van der Waals surface area contributed by atoms with Gasteiger partial charge in [-0.1, -0.05) is 19.1 Å². The maximum Gasteiger partial charge on any atom is 0.133 e. The van der Waals surface area contributed by atoms with E-state index in [0.717, 1.165) is 12.8 Å². The van der Waals surface area contributed by atoms with Gasteiger partial charge in [0.1, 0.15) is 5.78 Å². The first-order valence-electron chi connectivity index (χ1n) is 3.87. The quantitative estimate of drug-likeness (QED) is 0.507. The molecule has 0 aliphatic heterocycles. The van der Waals surface area contributed by atoms with E-state index in [9.17, 15) is 4.79 Å². The number of carbonyl (C=O) groups excluding carboxylic acids is 1. The third-order valence-electron chi connectivity index (χ3n) is 2.12. The lowest BCUT2D eigenvalue weighted by Gasteiger charge is -2.18. The van der Waals surface area contributed by atoms with Gasteiger partial charge in [0.15, 0.2) is 0 Å². The molecule has 0 bridgehead atoms. The Labute approximate surface area is 62.1 Å². The molecule has 0 saturated heterocycles. The molecule has 1 nitrogen and oxygen atoms in total. The minimum absolute atomic E-state index is 0.306. The van der Waals surface area contributed by atoms with Crippen molar-refractivity contribution in [1.82, 2.24) is 0 Å². The smallest absolute Gasteiger partial charge is 0.133 e. The zero-order valence-corrected chi connectivity index (χ0v) is 6.63. The maximum absolute atomic E-state index is 10.9. The number of rotatable bonds is 1. The Bertz CT molecular complexity index is 158. The predicted molar refractivity (Wildman–Crippen MR) is 41.7 cm³/mol. The zero-order valence-electron chi connectivity index (χ0n) is 6.63. The van der Waals surface area contributed by atoms with E-state index in [1.807, 2.05) is 0 Å². The lowest BCUT2D eigenvalue weighted by Crippen LogP contribution is -2.15. The number of hydrogen-bond acceptors (Lipinski definition) is 1. The minimum atomic E-state index is 0.306. The van der Waals surface area contributed by atoms with Crippen LogP contribution in [0.25, 0.3) is 0 Å². The highest BCUT2D eigenvalue weighted by Gasteiger charge is 2.17. The van der Waals surface area contributed by atoms with E-state index < -0.39 is 0 Å². The molecular weight excluding hydrogens is 124 g/mol. The fourth-order valence-corrected chi connectivity index (χ4v) is 1.43. The van der Waals surface area contributed by atoms with Crippen LogP contribution in [0.3, 0.4) is 0 Å². The largest absolute Gasteiger partial charge is 0.300 e. The van der Waals surface area contributed by atoms with Crippen LogP contribution in [0.1, 0.15) is 26.7 Å². The molecule has 1 heteroatoms. The van der Waals surface area contributed by atoms with Gasteiger partial charge >= 0.3 is 0 Å². The van der Waals surface area contributed by atoms with E-state index in [2.05, 4.69) is 19.1 Å². The average molecular weight is 138 g/mol. The molecule has 0 heterocycles. The SMILES string of the molecule is CC(=O)C1CC=CC(C)C1. The van der Waals surface area contributed by atoms with Gasteiger partial charge in [-0.25, -0.2) is 0 Å². The second-order valence-corrected chi connectivity index (χ2v) is 3.18. The van der Waals surface area contributed by atoms with Crippen molar-refractivity contribution in [3.05, 3.63) is 12.2 Å². The van der Waals surface area contributed by atoms with Crippen molar-refractivity contribution in [2.75, 3.05) is 0 Å². The van der Waals surface area contributed by atoms with Crippen LogP contribution in [0.4, 0.5) is 0 Å². The number of carbonyl (C=O) groups is 1. The molecule has 0 aromatic heterocycles. The topological polar surface area (TPSA) is 17.1 Å². The van der Waals surface area contributed by atoms with Crippen molar-refractivity contribution in [2.24, 2.45) is 11.8 Å². The molecule has 0 radical (unpaired) electrons. The average Bonchev–Trinajstić information content (AvgIpc) is 1.88. The van der Waals surface area contributed by atoms with E-state index >= 15 is 0 Å². The van der Waals surface area contributed by atoms with E-state index in [0.29, 0.717) is 17.6 Å². The summed E-state index contributed by atoms with van der Waals surface area (Å²) >= 11 is 0. The summed E-state index contributed by atoms with van der Waals surface area (Å²) < 4.78 is 0. The molecule has 2 unspecified atom stereocenters. The Kier molecular flexibility index (Phi) is 2.25. The van der Waals surface area contributed by atoms with Crippen molar-refractivity contribution in [1.29, 1.82) is 0 Å². The van der Waals surface area contributed by atoms with Crippen LogP contribution in [0.5, 0.6) is 0 Å². The van der Waals surface area contributed by atoms with Crippen molar-refractivity contribution >= 4 is 5.78 Å². The number of Topliss-reactive ketones (excluding diaryl/α,β-unsaturated/α-hetero) is 1. The molecule has 1 aliphatic carbocycles. The molecule has 1 aliphatic rings. The third-order valence-corrected chi connectivity index (χ3v) is 2.12. The zero-order chi connectivity index (χ0) is 7.56. The first kappa shape index (κ1) is 7.52. The Morgan fingerprint density at radius 1 is 1.60 bits per heavy atom. The van der Waals surface area contributed by atoms with Gasteiger partial charge < -0.3 is 0 Å². The lowest BCUT2D eigenvalue weighted by molar-refractivity contribution is -0.121. The summed E-state index contributed by atoms with van der Waals surface area (Å²) in [7, 11) is 0. The molecule has 0 aromatic carbocycles. The molecule has 0 amide bonds. The summed E-state index contributed by atoms with van der Waals surface area (Å²) in [6.45, 7) is 3.85. The minimum Gasteiger partial charge on any atom is -0.300 e. The van der Waals surface area contributed by atoms with Crippen LogP contribution in [-0.4, -0.2) is 5.78 Å². The maximum atomic E-state index is 10.9. The first-order chi connectivity index (χ1) is 4.70. The van der Waals surface area contributed by atoms with E-state index in [1.54, 1.807) is 6.92 Å². The van der Waals surface area contributed by atoms with E-state index in [1.165, 1.54) is 0 Å². The molecule has 0 aromatic rings. The van der Waals surface area contributed by atoms with Gasteiger partial charge in [-0.05, 0) is 25.7 Å². The Morgan fingerprint density at radius 3 is 2.70 bits per heavy atom. The lowest BCUT2D eigenvalue weighted by atomic mass is 9.85. The summed E-state index contributed by atoms with van der Waals surface area (Å²) in [6.07, 6.45) is 6.32. The highest BCUT2D eigenvalue weighted by molar-refractivity contribution is 5.78. The molecule has 0 N–H and O–H groups in total. The number of hydrogen-bond donors (Lipinski definition) is 0. The van der Waals surface area contributed by atoms with Crippen molar-refractivity contribution in [3.63, 3.8) is 0 Å². The summed E-state index contributed by atoms with van der Waals surface area (Å²) in [6, 6.07) is 0. The Hall–Kier alpha value is -0.590. The molecule has 1 rings (SSSR count). The molecule has 0 fully saturated rings. The third kappa shape index (κ3) is 1.69. The van der Waals surface area contributed by atoms with Gasteiger partial charge in [0.05, 0.1) is 0 Å². The molecule has 56 valence electrons. The van der Waals surface area contributed by atoms with E-state index in [-0.39, 0.29) is 0 Å². The van der Waals surface area contributed by atoms with Crippen LogP contribution in [0, 0.1) is 11.8 Å². The molecule has 2 atom stereocenters. The summed E-state index contributed by atoms with van der Waals surface area (Å²) in [5.41, 5.74) is 0. The van der Waals surface area contributed by atoms with Crippen LogP contribution >= 0.6 is 0 Å². The fourth-order valence-electron chi connectivity index (χ4n) is 1.43. The van der Waals surface area contributed by atoms with Gasteiger partial charge in [0.2, 0.25) is 0 Å². The van der Waals surface area contributed by atoms with Crippen LogP contribution in [-0.2, 0) is 4.79 Å². The van der Waals surface area contributed by atoms with Crippen LogP contribution in [0.15, 0.2) is 12.2 Å². The van der Waals surface area contributed by atoms with Crippen molar-refractivity contribution in [2.45, 2.75) is 26.7 Å². The summed E-state index contributed by atoms with van der Waals surface area (Å²) in [5.74, 6) is 1.25. The van der Waals surface area contributed by atoms with E-state index in [4.69, 9.17) is 0 Å². The summed E-state index contributed by atoms with van der Waals surface area (Å²) in [4.78, 5) is 10.9. The van der Waals surface area contributed by atoms with Crippen molar-refractivity contribution < 1.29 is 4.79 Å². The molecule has 0 saturated carbocycles. The summed E-state index contributed by atoms with van der Waals surface area (Å²) in [5, 5.41) is 0. The van der Waals surface area contributed by atoms with Gasteiger partial charge in [-0.3, -0.25) is 4.79 Å². The highest BCUT2D eigenvalue weighted by atomic mass is 16.1. The normalized spacial score (nSPS) is 32.2. The Balaban J connectivity index is 2.52. The van der Waals surface area contributed by atoms with Crippen LogP contribution in [0.2, 0.25) is 0 Å². The monoisotopic (exact) mass is 138 g/mol. The number of ketones is 1. The number of allylic oxidation sites excluding steroid dienone is 2. The van der Waals surface area contributed by atoms with Gasteiger partial charge in [-0.2, -0.15) is 0 Å². The molecule has 0 spiro atoms. The second kappa shape index (κ2) is 3.00. The molecular formula is C9H14O. The fraction of sp³-hybridized carbons (Fsp3) is 0.667. The van der Waals surface area contributed by atoms with Gasteiger partial charge in [0.25, 0.3) is 0 Å². The molecule has 10 heavy (non-hydrogen) atoms. The standard InChI is InChI=1S/C9H14O/c1-7-4-3-5-9(6-7)8(2)10/h3-4,7,9H,5-6H2,1-2H3. The Morgan fingerprint density at radius 2 is 2.30 bits per heavy atom. The predicted octanol–water partition coefficient (Wildman–Crippen LogP) is 2.18. The van der Waals surface area contributed by atoms with Crippen LogP contribution < -0.4 is 0 Å². The second-order valence-electron chi connectivity index (χ2n) is 3.18. The highest BCUT2D eigenvalue weighted by Crippen LogP contribution is 2.23. The van der Waals surface area contributed by atoms with Gasteiger partial charge in [-0.15, -0.1) is 0 Å². The first-order valence-corrected chi connectivity index (χ1v) is 3.87. The van der Waals surface area contributed by atoms with Crippen molar-refractivity contribution in [3.8, 4) is 0 Å².